The van der Waals surface area contributed by atoms with Gasteiger partial charge in [0.05, 0.1) is 54.1 Å². The quantitative estimate of drug-likeness (QED) is 0.270. The van der Waals surface area contributed by atoms with Crippen molar-refractivity contribution in [1.82, 2.24) is 33.9 Å². The standard InChI is InChI=1S/C24H27N9O4S/c1-32-7-5-19(31-32)18-10-26-22(8-20(18)27-12-24(13-34)14-37-15-24)29-21-4-6-25-23(30-21)16-9-28-33(11-16)38(35,36)17-2-3-17/h4-11,17,34H,2-3,12-15H2,1H3,(H2,25,26,27,29,30). The van der Waals surface area contributed by atoms with E-state index in [1.165, 1.54) is 12.4 Å². The lowest BCUT2D eigenvalue weighted by Crippen LogP contribution is -2.50. The summed E-state index contributed by atoms with van der Waals surface area (Å²) in [6, 6.07) is 5.46. The van der Waals surface area contributed by atoms with E-state index in [4.69, 9.17) is 4.74 Å². The van der Waals surface area contributed by atoms with Crippen LogP contribution >= 0.6 is 0 Å². The summed E-state index contributed by atoms with van der Waals surface area (Å²) in [6.07, 6.45) is 9.38. The SMILES string of the molecule is Cn1ccc(-c2cnc(Nc3ccnc(-c4cnn(S(=O)(=O)C5CC5)c4)n3)cc2NCC2(CO)COC2)n1. The summed E-state index contributed by atoms with van der Waals surface area (Å²) in [5.74, 6) is 1.35. The van der Waals surface area contributed by atoms with Crippen LogP contribution in [-0.2, 0) is 21.8 Å². The summed E-state index contributed by atoms with van der Waals surface area (Å²) < 4.78 is 33.0. The van der Waals surface area contributed by atoms with Gasteiger partial charge in [-0.3, -0.25) is 4.68 Å². The van der Waals surface area contributed by atoms with E-state index in [1.54, 1.807) is 23.1 Å². The summed E-state index contributed by atoms with van der Waals surface area (Å²) >= 11 is 0. The summed E-state index contributed by atoms with van der Waals surface area (Å²) in [4.78, 5) is 13.4. The molecule has 4 aromatic rings. The van der Waals surface area contributed by atoms with Gasteiger partial charge in [-0.05, 0) is 25.0 Å². The topological polar surface area (TPSA) is 162 Å². The zero-order valence-corrected chi connectivity index (χ0v) is 21.5. The number of ether oxygens (including phenoxy) is 1. The summed E-state index contributed by atoms with van der Waals surface area (Å²) in [6.45, 7) is 1.54. The van der Waals surface area contributed by atoms with Crippen molar-refractivity contribution in [2.75, 3.05) is 37.0 Å². The number of pyridine rings is 1. The number of aromatic nitrogens is 7. The van der Waals surface area contributed by atoms with Gasteiger partial charge in [0.25, 0.3) is 10.0 Å². The first kappa shape index (κ1) is 24.5. The Bertz CT molecular complexity index is 1570. The zero-order valence-electron chi connectivity index (χ0n) is 20.6. The van der Waals surface area contributed by atoms with Crippen molar-refractivity contribution in [3.05, 3.63) is 49.2 Å². The molecule has 5 heterocycles. The van der Waals surface area contributed by atoms with E-state index in [1.807, 2.05) is 25.4 Å². The van der Waals surface area contributed by atoms with Crippen LogP contribution in [0.25, 0.3) is 22.6 Å². The third-order valence-electron chi connectivity index (χ3n) is 6.64. The van der Waals surface area contributed by atoms with Crippen LogP contribution in [0.5, 0.6) is 0 Å². The highest BCUT2D eigenvalue weighted by Crippen LogP contribution is 2.33. The maximum atomic E-state index is 12.5. The van der Waals surface area contributed by atoms with Gasteiger partial charge in [-0.25, -0.2) is 23.4 Å². The molecule has 198 valence electrons. The monoisotopic (exact) mass is 537 g/mol. The van der Waals surface area contributed by atoms with Crippen molar-refractivity contribution in [2.24, 2.45) is 12.5 Å². The number of hydrogen-bond donors (Lipinski definition) is 3. The molecule has 38 heavy (non-hydrogen) atoms. The summed E-state index contributed by atoms with van der Waals surface area (Å²) in [7, 11) is -1.62. The van der Waals surface area contributed by atoms with Crippen LogP contribution in [0.3, 0.4) is 0 Å². The number of nitrogens with zero attached hydrogens (tertiary/aromatic N) is 7. The number of rotatable bonds is 10. The molecular formula is C24H27N9O4S. The average molecular weight is 538 g/mol. The Labute approximate surface area is 219 Å². The molecular weight excluding hydrogens is 510 g/mol. The Morgan fingerprint density at radius 1 is 1.18 bits per heavy atom. The van der Waals surface area contributed by atoms with Crippen LogP contribution in [-0.4, -0.2) is 79.1 Å². The number of hydrogen-bond acceptors (Lipinski definition) is 11. The van der Waals surface area contributed by atoms with E-state index < -0.39 is 10.0 Å². The van der Waals surface area contributed by atoms with Crippen LogP contribution in [0.4, 0.5) is 17.3 Å². The molecule has 0 unspecified atom stereocenters. The van der Waals surface area contributed by atoms with E-state index in [2.05, 4.69) is 35.8 Å². The highest BCUT2D eigenvalue weighted by Gasteiger charge is 2.38. The highest BCUT2D eigenvalue weighted by molar-refractivity contribution is 7.90. The number of anilines is 3. The molecule has 0 atom stereocenters. The van der Waals surface area contributed by atoms with Gasteiger partial charge in [-0.2, -0.15) is 14.3 Å². The molecule has 14 heteroatoms. The summed E-state index contributed by atoms with van der Waals surface area (Å²) in [5.41, 5.74) is 2.55. The smallest absolute Gasteiger partial charge is 0.256 e. The Kier molecular flexibility index (Phi) is 6.08. The third-order valence-corrected chi connectivity index (χ3v) is 8.67. The predicted octanol–water partition coefficient (Wildman–Crippen LogP) is 1.64. The van der Waals surface area contributed by atoms with Crippen LogP contribution < -0.4 is 10.6 Å². The van der Waals surface area contributed by atoms with Gasteiger partial charge in [0.1, 0.15) is 11.6 Å². The van der Waals surface area contributed by atoms with Gasteiger partial charge in [-0.1, -0.05) is 0 Å². The molecule has 0 bridgehead atoms. The number of aliphatic hydroxyl groups excluding tert-OH is 1. The second-order valence-electron chi connectivity index (χ2n) is 9.73. The molecule has 0 spiro atoms. The number of aryl methyl sites for hydroxylation is 1. The molecule has 4 aromatic heterocycles. The second-order valence-corrected chi connectivity index (χ2v) is 11.8. The predicted molar refractivity (Wildman–Crippen MR) is 139 cm³/mol. The lowest BCUT2D eigenvalue weighted by atomic mass is 9.87. The van der Waals surface area contributed by atoms with Crippen molar-refractivity contribution in [1.29, 1.82) is 0 Å². The Morgan fingerprint density at radius 3 is 2.71 bits per heavy atom. The first-order valence-electron chi connectivity index (χ1n) is 12.2. The van der Waals surface area contributed by atoms with Gasteiger partial charge in [0, 0.05) is 49.5 Å². The third kappa shape index (κ3) is 4.73. The fourth-order valence-corrected chi connectivity index (χ4v) is 5.61. The van der Waals surface area contributed by atoms with Crippen molar-refractivity contribution in [3.63, 3.8) is 0 Å². The highest BCUT2D eigenvalue weighted by atomic mass is 32.2. The largest absolute Gasteiger partial charge is 0.396 e. The minimum atomic E-state index is -3.47. The van der Waals surface area contributed by atoms with Crippen molar-refractivity contribution >= 4 is 27.3 Å². The van der Waals surface area contributed by atoms with Crippen molar-refractivity contribution in [3.8, 4) is 22.6 Å². The molecule has 1 saturated heterocycles. The molecule has 0 radical (unpaired) electrons. The lowest BCUT2D eigenvalue weighted by molar-refractivity contribution is -0.128. The van der Waals surface area contributed by atoms with Gasteiger partial charge in [0.2, 0.25) is 0 Å². The Balaban J connectivity index is 1.25. The van der Waals surface area contributed by atoms with Crippen molar-refractivity contribution < 1.29 is 18.3 Å². The van der Waals surface area contributed by atoms with Crippen LogP contribution in [0, 0.1) is 5.41 Å². The average Bonchev–Trinajstić information content (AvgIpc) is 3.48. The molecule has 3 N–H and O–H groups in total. The van der Waals surface area contributed by atoms with Crippen LogP contribution in [0.15, 0.2) is 49.2 Å². The molecule has 1 saturated carbocycles. The Hall–Kier alpha value is -3.88. The first-order valence-corrected chi connectivity index (χ1v) is 13.7. The lowest BCUT2D eigenvalue weighted by Gasteiger charge is -2.40. The normalized spacial score (nSPS) is 16.7. The summed E-state index contributed by atoms with van der Waals surface area (Å²) in [5, 5.41) is 24.6. The Morgan fingerprint density at radius 2 is 2.03 bits per heavy atom. The van der Waals surface area contributed by atoms with Crippen LogP contribution in [0.2, 0.25) is 0 Å². The van der Waals surface area contributed by atoms with E-state index in [-0.39, 0.29) is 17.3 Å². The maximum Gasteiger partial charge on any atom is 0.256 e. The van der Waals surface area contributed by atoms with Crippen molar-refractivity contribution in [2.45, 2.75) is 18.1 Å². The molecule has 1 aliphatic carbocycles. The minimum absolute atomic E-state index is 0.0252. The van der Waals surface area contributed by atoms with E-state index in [9.17, 15) is 13.5 Å². The minimum Gasteiger partial charge on any atom is -0.396 e. The van der Waals surface area contributed by atoms with Gasteiger partial charge in [-0.15, -0.1) is 0 Å². The molecule has 0 aromatic carbocycles. The molecule has 2 fully saturated rings. The fraction of sp³-hybridized carbons (Fsp3) is 0.375. The van der Waals surface area contributed by atoms with Crippen LogP contribution in [0.1, 0.15) is 12.8 Å². The second kappa shape index (κ2) is 9.45. The van der Waals surface area contributed by atoms with E-state index in [0.29, 0.717) is 55.6 Å². The molecule has 13 nitrogen and oxygen atoms in total. The molecule has 6 rings (SSSR count). The fourth-order valence-electron chi connectivity index (χ4n) is 4.13. The van der Waals surface area contributed by atoms with E-state index >= 15 is 0 Å². The van der Waals surface area contributed by atoms with Gasteiger partial charge >= 0.3 is 0 Å². The van der Waals surface area contributed by atoms with E-state index in [0.717, 1.165) is 21.0 Å². The maximum absolute atomic E-state index is 12.5. The molecule has 1 aliphatic heterocycles. The van der Waals surface area contributed by atoms with Gasteiger partial charge < -0.3 is 20.5 Å². The first-order chi connectivity index (χ1) is 18.3. The zero-order chi connectivity index (χ0) is 26.3. The number of nitrogens with one attached hydrogen (secondary N) is 2. The molecule has 2 aliphatic rings. The van der Waals surface area contributed by atoms with Gasteiger partial charge in [0.15, 0.2) is 5.82 Å². The number of aliphatic hydroxyl groups is 1. The molecule has 0 amide bonds.